The van der Waals surface area contributed by atoms with Crippen molar-refractivity contribution in [1.29, 1.82) is 0 Å². The van der Waals surface area contributed by atoms with E-state index in [2.05, 4.69) is 121 Å². The molecule has 0 heterocycles. The fourth-order valence-electron chi connectivity index (χ4n) is 3.50. The zero-order chi connectivity index (χ0) is 20.5. The number of hydrogen-bond donors (Lipinski definition) is 2. The van der Waals surface area contributed by atoms with E-state index in [-0.39, 0.29) is 0 Å². The third-order valence-corrected chi connectivity index (χ3v) is 13.6. The third-order valence-electron chi connectivity index (χ3n) is 4.57. The van der Waals surface area contributed by atoms with Crippen molar-refractivity contribution >= 4 is 31.0 Å². The fraction of sp³-hybridized carbons (Fsp3) is 0. The molecule has 0 bridgehead atoms. The Balaban J connectivity index is 0.000000552. The van der Waals surface area contributed by atoms with E-state index in [0.717, 1.165) is 0 Å². The minimum atomic E-state index is -2.77. The summed E-state index contributed by atoms with van der Waals surface area (Å²) in [6.45, 7) is 0. The molecular formula is C24H22AsNO3+2. The van der Waals surface area contributed by atoms with Crippen molar-refractivity contribution in [2.45, 2.75) is 0 Å². The first-order chi connectivity index (χ1) is 14.2. The predicted molar refractivity (Wildman–Crippen MR) is 117 cm³/mol. The molecule has 0 radical (unpaired) electrons. The zero-order valence-corrected chi connectivity index (χ0v) is 17.6. The molecule has 0 saturated heterocycles. The molecular weight excluding hydrogens is 425 g/mol. The number of nitrogens with zero attached hydrogens (tertiary/aromatic N) is 1. The van der Waals surface area contributed by atoms with E-state index in [0.29, 0.717) is 0 Å². The normalized spacial score (nSPS) is 10.5. The summed E-state index contributed by atoms with van der Waals surface area (Å²) in [7, 11) is 0. The van der Waals surface area contributed by atoms with Gasteiger partial charge >= 0.3 is 157 Å². The van der Waals surface area contributed by atoms with Crippen molar-refractivity contribution in [1.82, 2.24) is 0 Å². The van der Waals surface area contributed by atoms with Gasteiger partial charge in [-0.1, -0.05) is 0 Å². The predicted octanol–water partition coefficient (Wildman–Crippen LogP) is 2.61. The van der Waals surface area contributed by atoms with Crippen LogP contribution in [0.15, 0.2) is 121 Å². The molecule has 5 heteroatoms. The Labute approximate surface area is 172 Å². The van der Waals surface area contributed by atoms with Crippen LogP contribution in [0.1, 0.15) is 0 Å². The summed E-state index contributed by atoms with van der Waals surface area (Å²) < 4.78 is 5.79. The van der Waals surface area contributed by atoms with Crippen LogP contribution in [0.25, 0.3) is 0 Å². The maximum atomic E-state index is 8.47. The van der Waals surface area contributed by atoms with E-state index in [1.807, 2.05) is 0 Å². The molecule has 0 aliphatic rings. The number of benzene rings is 4. The quantitative estimate of drug-likeness (QED) is 0.374. The van der Waals surface area contributed by atoms with Gasteiger partial charge in [0.2, 0.25) is 0 Å². The average molecular weight is 447 g/mol. The molecule has 4 aromatic rings. The average Bonchev–Trinajstić information content (AvgIpc) is 2.77. The molecule has 0 atom stereocenters. The Kier molecular flexibility index (Phi) is 6.83. The van der Waals surface area contributed by atoms with E-state index < -0.39 is 18.6 Å². The molecule has 0 spiro atoms. The van der Waals surface area contributed by atoms with Crippen LogP contribution in [-0.4, -0.2) is 29.1 Å². The van der Waals surface area contributed by atoms with E-state index in [4.69, 9.17) is 15.3 Å². The van der Waals surface area contributed by atoms with Crippen LogP contribution in [0.5, 0.6) is 0 Å². The molecule has 0 amide bonds. The topological polar surface area (TPSA) is 60.5 Å². The monoisotopic (exact) mass is 447 g/mol. The fourth-order valence-corrected chi connectivity index (χ4v) is 12.5. The first kappa shape index (κ1) is 20.4. The van der Waals surface area contributed by atoms with E-state index in [9.17, 15) is 0 Å². The SMILES string of the molecule is O=[N+](O)O.c1ccc([As+](c2ccccc2)(c2ccccc2)c2ccccc2)cc1. The van der Waals surface area contributed by atoms with E-state index in [1.54, 1.807) is 0 Å². The zero-order valence-electron chi connectivity index (χ0n) is 15.7. The standard InChI is InChI=1S/C24H20As.H2NO3/c1-5-13-21(14-6-1)25(22-15-7-2-8-16-22,23-17-9-3-10-18-23)24-19-11-4-12-20-24;2-1(3)4/h1-20H;(H2,2,3,4)/q2*+1. The molecule has 0 unspecified atom stereocenters. The van der Waals surface area contributed by atoms with Gasteiger partial charge in [-0.2, -0.15) is 0 Å². The Morgan fingerprint density at radius 3 is 0.793 bits per heavy atom. The second-order valence-electron chi connectivity index (χ2n) is 6.27. The number of hydrogen-bond acceptors (Lipinski definition) is 1. The van der Waals surface area contributed by atoms with Crippen molar-refractivity contribution in [3.8, 4) is 0 Å². The summed E-state index contributed by atoms with van der Waals surface area (Å²) in [6, 6.07) is 44.2. The van der Waals surface area contributed by atoms with Crippen LogP contribution >= 0.6 is 0 Å². The van der Waals surface area contributed by atoms with Crippen molar-refractivity contribution in [3.63, 3.8) is 0 Å². The second-order valence-corrected chi connectivity index (χ2v) is 13.4. The summed E-state index contributed by atoms with van der Waals surface area (Å²) in [4.78, 5) is 8.47. The molecule has 0 saturated carbocycles. The minimum absolute atomic E-state index is 1.25. The molecule has 0 aliphatic heterocycles. The molecule has 2 N–H and O–H groups in total. The summed E-state index contributed by atoms with van der Waals surface area (Å²) in [6.07, 6.45) is 0. The van der Waals surface area contributed by atoms with Crippen LogP contribution in [0.3, 0.4) is 0 Å². The Morgan fingerprint density at radius 2 is 0.621 bits per heavy atom. The van der Waals surface area contributed by atoms with E-state index >= 15 is 0 Å². The molecule has 4 rings (SSSR count). The van der Waals surface area contributed by atoms with Crippen molar-refractivity contribution in [3.05, 3.63) is 126 Å². The van der Waals surface area contributed by atoms with Gasteiger partial charge < -0.3 is 0 Å². The van der Waals surface area contributed by atoms with Gasteiger partial charge in [-0.05, 0) is 0 Å². The van der Waals surface area contributed by atoms with Gasteiger partial charge in [0, 0.05) is 0 Å². The molecule has 0 aliphatic carbocycles. The van der Waals surface area contributed by atoms with E-state index in [1.165, 1.54) is 17.4 Å². The van der Waals surface area contributed by atoms with Gasteiger partial charge in [0.15, 0.2) is 0 Å². The van der Waals surface area contributed by atoms with Crippen molar-refractivity contribution < 1.29 is 15.5 Å². The molecule has 144 valence electrons. The maximum absolute atomic E-state index is 8.47. The van der Waals surface area contributed by atoms with Crippen LogP contribution < -0.4 is 17.4 Å². The van der Waals surface area contributed by atoms with Crippen LogP contribution in [0.4, 0.5) is 0 Å². The first-order valence-electron chi connectivity index (χ1n) is 9.12. The second kappa shape index (κ2) is 9.72. The van der Waals surface area contributed by atoms with Crippen LogP contribution in [0.2, 0.25) is 0 Å². The summed E-state index contributed by atoms with van der Waals surface area (Å²) in [5, 5.41) is 12.5. The van der Waals surface area contributed by atoms with Gasteiger partial charge in [0.25, 0.3) is 0 Å². The van der Waals surface area contributed by atoms with Gasteiger partial charge in [-0.3, -0.25) is 0 Å². The summed E-state index contributed by atoms with van der Waals surface area (Å²) in [5.74, 6) is 0. The molecule has 29 heavy (non-hydrogen) atoms. The third kappa shape index (κ3) is 4.56. The van der Waals surface area contributed by atoms with Crippen LogP contribution in [-0.2, 0) is 0 Å². The van der Waals surface area contributed by atoms with Gasteiger partial charge in [-0.15, -0.1) is 0 Å². The molecule has 0 fully saturated rings. The first-order valence-corrected chi connectivity index (χ1v) is 12.9. The van der Waals surface area contributed by atoms with Crippen LogP contribution in [0, 0.1) is 4.91 Å². The Hall–Kier alpha value is -3.36. The van der Waals surface area contributed by atoms with Crippen molar-refractivity contribution in [2.24, 2.45) is 0 Å². The van der Waals surface area contributed by atoms with Crippen molar-refractivity contribution in [2.75, 3.05) is 0 Å². The number of rotatable bonds is 4. The Bertz CT molecular complexity index is 859. The summed E-state index contributed by atoms with van der Waals surface area (Å²) in [5.41, 5.74) is 0. The van der Waals surface area contributed by atoms with Gasteiger partial charge in [0.1, 0.15) is 4.91 Å². The molecule has 4 nitrogen and oxygen atoms in total. The van der Waals surface area contributed by atoms with Gasteiger partial charge in [0.05, 0.1) is 0 Å². The molecule has 4 aromatic carbocycles. The molecule has 0 aromatic heterocycles. The summed E-state index contributed by atoms with van der Waals surface area (Å²) >= 11 is -2.77. The van der Waals surface area contributed by atoms with Gasteiger partial charge in [-0.25, -0.2) is 10.4 Å². The Morgan fingerprint density at radius 1 is 0.448 bits per heavy atom.